The van der Waals surface area contributed by atoms with E-state index in [1.54, 1.807) is 0 Å². The van der Waals surface area contributed by atoms with Gasteiger partial charge in [-0.2, -0.15) is 0 Å². The van der Waals surface area contributed by atoms with Crippen LogP contribution in [0.15, 0.2) is 24.3 Å². The molecule has 2 aliphatic rings. The van der Waals surface area contributed by atoms with Gasteiger partial charge >= 0.3 is 0 Å². The van der Waals surface area contributed by atoms with Gasteiger partial charge in [-0.1, -0.05) is 0 Å². The summed E-state index contributed by atoms with van der Waals surface area (Å²) in [7, 11) is 0. The van der Waals surface area contributed by atoms with E-state index in [9.17, 15) is 0 Å². The Hall–Kier alpha value is -1.26. The van der Waals surface area contributed by atoms with E-state index in [1.807, 2.05) is 12.1 Å². The van der Waals surface area contributed by atoms with E-state index in [0.29, 0.717) is 0 Å². The molecule has 2 fully saturated rings. The Morgan fingerprint density at radius 2 is 1.67 bits per heavy atom. The predicted molar refractivity (Wildman–Crippen MR) is 87.7 cm³/mol. The van der Waals surface area contributed by atoms with Crippen LogP contribution in [-0.4, -0.2) is 50.8 Å². The highest BCUT2D eigenvalue weighted by Gasteiger charge is 2.20. The minimum Gasteiger partial charge on any atom is -0.399 e. The summed E-state index contributed by atoms with van der Waals surface area (Å²) in [5.74, 6) is 0.887. The van der Waals surface area contributed by atoms with Crippen molar-refractivity contribution in [3.05, 3.63) is 24.3 Å². The molecule has 1 aromatic rings. The zero-order valence-corrected chi connectivity index (χ0v) is 12.8. The first-order valence-electron chi connectivity index (χ1n) is 8.22. The van der Waals surface area contributed by atoms with Gasteiger partial charge in [-0.05, 0) is 56.0 Å². The number of anilines is 2. The van der Waals surface area contributed by atoms with Crippen LogP contribution in [0.4, 0.5) is 11.4 Å². The van der Waals surface area contributed by atoms with Crippen LogP contribution in [0.25, 0.3) is 0 Å². The molecule has 21 heavy (non-hydrogen) atoms. The maximum Gasteiger partial charge on any atom is 0.0594 e. The van der Waals surface area contributed by atoms with E-state index < -0.39 is 0 Å². The van der Waals surface area contributed by atoms with Crippen molar-refractivity contribution in [3.63, 3.8) is 0 Å². The summed E-state index contributed by atoms with van der Waals surface area (Å²) in [5, 5.41) is 0. The standard InChI is InChI=1S/C17H27N3O/c18-16-1-3-17(4-2-16)20-9-6-15(7-10-20)5-8-19-11-13-21-14-12-19/h1-4,15H,5-14,18H2. The van der Waals surface area contributed by atoms with Crippen molar-refractivity contribution in [2.75, 3.05) is 56.6 Å². The lowest BCUT2D eigenvalue weighted by Crippen LogP contribution is -2.39. The monoisotopic (exact) mass is 289 g/mol. The first-order chi connectivity index (χ1) is 10.3. The third-order valence-corrected chi connectivity index (χ3v) is 4.83. The molecule has 0 spiro atoms. The summed E-state index contributed by atoms with van der Waals surface area (Å²) < 4.78 is 5.41. The zero-order valence-electron chi connectivity index (χ0n) is 12.8. The number of nitrogens with two attached hydrogens (primary N) is 1. The van der Waals surface area contributed by atoms with Gasteiger partial charge in [-0.15, -0.1) is 0 Å². The third kappa shape index (κ3) is 4.11. The molecule has 3 rings (SSSR count). The molecule has 2 aliphatic heterocycles. The van der Waals surface area contributed by atoms with Gasteiger partial charge in [0.2, 0.25) is 0 Å². The molecule has 1 aromatic carbocycles. The Bertz CT molecular complexity index is 420. The number of benzene rings is 1. The average molecular weight is 289 g/mol. The fourth-order valence-electron chi connectivity index (χ4n) is 3.35. The SMILES string of the molecule is Nc1ccc(N2CCC(CCN3CCOCC3)CC2)cc1. The maximum atomic E-state index is 5.76. The van der Waals surface area contributed by atoms with Gasteiger partial charge in [0.15, 0.2) is 0 Å². The molecular weight excluding hydrogens is 262 g/mol. The van der Waals surface area contributed by atoms with E-state index in [4.69, 9.17) is 10.5 Å². The summed E-state index contributed by atoms with van der Waals surface area (Å²) in [5.41, 5.74) is 7.92. The van der Waals surface area contributed by atoms with E-state index in [0.717, 1.165) is 37.9 Å². The number of nitrogen functional groups attached to an aromatic ring is 1. The lowest BCUT2D eigenvalue weighted by atomic mass is 9.93. The van der Waals surface area contributed by atoms with Crippen molar-refractivity contribution >= 4 is 11.4 Å². The number of morpholine rings is 1. The molecule has 2 saturated heterocycles. The highest BCUT2D eigenvalue weighted by atomic mass is 16.5. The molecule has 0 amide bonds. The van der Waals surface area contributed by atoms with E-state index in [1.165, 1.54) is 44.6 Å². The summed E-state index contributed by atoms with van der Waals surface area (Å²) in [6.07, 6.45) is 3.97. The van der Waals surface area contributed by atoms with Crippen LogP contribution >= 0.6 is 0 Å². The Kier molecular flexibility index (Phi) is 4.99. The zero-order chi connectivity index (χ0) is 14.5. The van der Waals surface area contributed by atoms with Crippen molar-refractivity contribution in [1.82, 2.24) is 4.90 Å². The molecular formula is C17H27N3O. The van der Waals surface area contributed by atoms with Gasteiger partial charge in [-0.25, -0.2) is 0 Å². The molecule has 0 aliphatic carbocycles. The Morgan fingerprint density at radius 3 is 2.33 bits per heavy atom. The number of hydrogen-bond donors (Lipinski definition) is 1. The predicted octanol–water partition coefficient (Wildman–Crippen LogP) is 2.21. The van der Waals surface area contributed by atoms with Crippen molar-refractivity contribution in [2.24, 2.45) is 5.92 Å². The molecule has 2 heterocycles. The van der Waals surface area contributed by atoms with Crippen LogP contribution < -0.4 is 10.6 Å². The Morgan fingerprint density at radius 1 is 1.00 bits per heavy atom. The van der Waals surface area contributed by atoms with Gasteiger partial charge < -0.3 is 15.4 Å². The second-order valence-corrected chi connectivity index (χ2v) is 6.26. The van der Waals surface area contributed by atoms with Crippen molar-refractivity contribution < 1.29 is 4.74 Å². The van der Waals surface area contributed by atoms with Crippen LogP contribution in [0.3, 0.4) is 0 Å². The summed E-state index contributed by atoms with van der Waals surface area (Å²) >= 11 is 0. The lowest BCUT2D eigenvalue weighted by molar-refractivity contribution is 0.0349. The van der Waals surface area contributed by atoms with Crippen molar-refractivity contribution in [3.8, 4) is 0 Å². The van der Waals surface area contributed by atoms with E-state index >= 15 is 0 Å². The molecule has 4 heteroatoms. The minimum absolute atomic E-state index is 0.846. The third-order valence-electron chi connectivity index (χ3n) is 4.83. The van der Waals surface area contributed by atoms with Gasteiger partial charge in [0, 0.05) is 37.6 Å². The largest absolute Gasteiger partial charge is 0.399 e. The van der Waals surface area contributed by atoms with Crippen LogP contribution in [-0.2, 0) is 4.74 Å². The average Bonchev–Trinajstić information content (AvgIpc) is 2.55. The van der Waals surface area contributed by atoms with Crippen LogP contribution in [0.2, 0.25) is 0 Å². The van der Waals surface area contributed by atoms with Gasteiger partial charge in [0.25, 0.3) is 0 Å². The van der Waals surface area contributed by atoms with Gasteiger partial charge in [0.1, 0.15) is 0 Å². The molecule has 2 N–H and O–H groups in total. The molecule has 0 unspecified atom stereocenters. The summed E-state index contributed by atoms with van der Waals surface area (Å²) in [6.45, 7) is 7.66. The topological polar surface area (TPSA) is 41.7 Å². The fraction of sp³-hybridized carbons (Fsp3) is 0.647. The van der Waals surface area contributed by atoms with Crippen LogP contribution in [0.1, 0.15) is 19.3 Å². The smallest absolute Gasteiger partial charge is 0.0594 e. The quantitative estimate of drug-likeness (QED) is 0.863. The number of piperidine rings is 1. The van der Waals surface area contributed by atoms with Gasteiger partial charge in [-0.3, -0.25) is 4.90 Å². The molecule has 0 radical (unpaired) electrons. The number of nitrogens with zero attached hydrogens (tertiary/aromatic N) is 2. The number of ether oxygens (including phenoxy) is 1. The molecule has 4 nitrogen and oxygen atoms in total. The lowest BCUT2D eigenvalue weighted by Gasteiger charge is -2.35. The highest BCUT2D eigenvalue weighted by molar-refractivity contribution is 5.53. The highest BCUT2D eigenvalue weighted by Crippen LogP contribution is 2.26. The van der Waals surface area contributed by atoms with Crippen LogP contribution in [0.5, 0.6) is 0 Å². The maximum absolute atomic E-state index is 5.76. The van der Waals surface area contributed by atoms with E-state index in [-0.39, 0.29) is 0 Å². The summed E-state index contributed by atoms with van der Waals surface area (Å²) in [4.78, 5) is 5.04. The Balaban J connectivity index is 1.41. The normalized spacial score (nSPS) is 21.6. The molecule has 0 saturated carbocycles. The molecule has 0 atom stereocenters. The number of hydrogen-bond acceptors (Lipinski definition) is 4. The van der Waals surface area contributed by atoms with Crippen LogP contribution in [0, 0.1) is 5.92 Å². The first kappa shape index (κ1) is 14.7. The minimum atomic E-state index is 0.846. The second kappa shape index (κ2) is 7.14. The molecule has 0 bridgehead atoms. The van der Waals surface area contributed by atoms with E-state index in [2.05, 4.69) is 21.9 Å². The van der Waals surface area contributed by atoms with Gasteiger partial charge in [0.05, 0.1) is 13.2 Å². The molecule has 116 valence electrons. The summed E-state index contributed by atoms with van der Waals surface area (Å²) in [6, 6.07) is 8.28. The Labute approximate surface area is 127 Å². The molecule has 0 aromatic heterocycles. The first-order valence-corrected chi connectivity index (χ1v) is 8.22. The van der Waals surface area contributed by atoms with Crippen molar-refractivity contribution in [1.29, 1.82) is 0 Å². The number of rotatable bonds is 4. The fourth-order valence-corrected chi connectivity index (χ4v) is 3.35. The van der Waals surface area contributed by atoms with Crippen molar-refractivity contribution in [2.45, 2.75) is 19.3 Å². The second-order valence-electron chi connectivity index (χ2n) is 6.26.